The molecule has 5 nitrogen and oxygen atoms in total. The van der Waals surface area contributed by atoms with Crippen molar-refractivity contribution in [3.63, 3.8) is 0 Å². The molecule has 1 aliphatic heterocycles. The summed E-state index contributed by atoms with van der Waals surface area (Å²) in [6.07, 6.45) is 1.94. The van der Waals surface area contributed by atoms with Gasteiger partial charge >= 0.3 is 6.03 Å². The molecule has 1 aliphatic rings. The summed E-state index contributed by atoms with van der Waals surface area (Å²) in [7, 11) is 0. The molecule has 1 atom stereocenters. The third-order valence-corrected chi connectivity index (χ3v) is 4.78. The van der Waals surface area contributed by atoms with Gasteiger partial charge in [0.2, 0.25) is 0 Å². The molecule has 23 heavy (non-hydrogen) atoms. The van der Waals surface area contributed by atoms with Crippen molar-refractivity contribution in [3.8, 4) is 0 Å². The predicted octanol–water partition coefficient (Wildman–Crippen LogP) is 4.28. The molecule has 122 valence electrons. The van der Waals surface area contributed by atoms with Crippen molar-refractivity contribution in [2.24, 2.45) is 0 Å². The summed E-state index contributed by atoms with van der Waals surface area (Å²) in [4.78, 5) is 14.7. The third-order valence-electron chi connectivity index (χ3n) is 4.78. The molecule has 0 bridgehead atoms. The Kier molecular flexibility index (Phi) is 4.11. The molecule has 0 spiro atoms. The van der Waals surface area contributed by atoms with Gasteiger partial charge in [0, 0.05) is 17.8 Å². The van der Waals surface area contributed by atoms with Gasteiger partial charge in [0.1, 0.15) is 5.76 Å². The molecular weight excluding hydrogens is 290 g/mol. The summed E-state index contributed by atoms with van der Waals surface area (Å²) in [5.41, 5.74) is 5.08. The second-order valence-corrected chi connectivity index (χ2v) is 6.27. The first kappa shape index (κ1) is 15.6. The zero-order chi connectivity index (χ0) is 16.6. The second-order valence-electron chi connectivity index (χ2n) is 6.27. The molecule has 3 rings (SSSR count). The lowest BCUT2D eigenvalue weighted by atomic mass is 10.0. The number of benzene rings is 1. The molecule has 1 aromatic carbocycles. The van der Waals surface area contributed by atoms with Crippen molar-refractivity contribution in [1.82, 2.24) is 10.1 Å². The highest BCUT2D eigenvalue weighted by atomic mass is 16.5. The summed E-state index contributed by atoms with van der Waals surface area (Å²) < 4.78 is 5.28. The largest absolute Gasteiger partial charge is 0.361 e. The third kappa shape index (κ3) is 2.83. The van der Waals surface area contributed by atoms with E-state index in [1.54, 1.807) is 0 Å². The van der Waals surface area contributed by atoms with Crippen LogP contribution in [0.2, 0.25) is 0 Å². The zero-order valence-electron chi connectivity index (χ0n) is 14.1. The SMILES string of the molecule is Cc1cccc(NC(=O)N2CCCC2c2c(C)noc2C)c1C. The van der Waals surface area contributed by atoms with Crippen LogP contribution >= 0.6 is 0 Å². The fourth-order valence-corrected chi connectivity index (χ4v) is 3.35. The van der Waals surface area contributed by atoms with Gasteiger partial charge in [-0.25, -0.2) is 4.79 Å². The fraction of sp³-hybridized carbons (Fsp3) is 0.444. The van der Waals surface area contributed by atoms with Gasteiger partial charge in [-0.05, 0) is 57.7 Å². The van der Waals surface area contributed by atoms with Crippen molar-refractivity contribution in [2.45, 2.75) is 46.6 Å². The standard InChI is InChI=1S/C18H23N3O2/c1-11-7-5-8-15(12(11)2)19-18(22)21-10-6-9-16(21)17-13(3)20-23-14(17)4/h5,7-8,16H,6,9-10H2,1-4H3,(H,19,22). The van der Waals surface area contributed by atoms with Gasteiger partial charge in [-0.3, -0.25) is 0 Å². The molecule has 1 aromatic heterocycles. The van der Waals surface area contributed by atoms with Crippen molar-refractivity contribution in [2.75, 3.05) is 11.9 Å². The van der Waals surface area contributed by atoms with Crippen molar-refractivity contribution >= 4 is 11.7 Å². The van der Waals surface area contributed by atoms with E-state index in [0.29, 0.717) is 0 Å². The number of carbonyl (C=O) groups excluding carboxylic acids is 1. The minimum Gasteiger partial charge on any atom is -0.361 e. The molecule has 2 heterocycles. The van der Waals surface area contributed by atoms with E-state index in [1.807, 2.05) is 50.8 Å². The highest BCUT2D eigenvalue weighted by molar-refractivity contribution is 5.90. The van der Waals surface area contributed by atoms with Crippen LogP contribution in [0.3, 0.4) is 0 Å². The average molecular weight is 313 g/mol. The van der Waals surface area contributed by atoms with E-state index in [-0.39, 0.29) is 12.1 Å². The van der Waals surface area contributed by atoms with Crippen molar-refractivity contribution in [1.29, 1.82) is 0 Å². The minimum absolute atomic E-state index is 0.0476. The smallest absolute Gasteiger partial charge is 0.322 e. The summed E-state index contributed by atoms with van der Waals surface area (Å²) in [5.74, 6) is 0.805. The van der Waals surface area contributed by atoms with E-state index in [4.69, 9.17) is 4.52 Å². The predicted molar refractivity (Wildman–Crippen MR) is 89.6 cm³/mol. The first-order valence-electron chi connectivity index (χ1n) is 8.05. The lowest BCUT2D eigenvalue weighted by Gasteiger charge is -2.25. The number of amides is 2. The quantitative estimate of drug-likeness (QED) is 0.900. The molecular formula is C18H23N3O2. The van der Waals surface area contributed by atoms with E-state index in [1.165, 1.54) is 5.56 Å². The van der Waals surface area contributed by atoms with Crippen LogP contribution in [0.15, 0.2) is 22.7 Å². The van der Waals surface area contributed by atoms with Crippen LogP contribution in [0.5, 0.6) is 0 Å². The number of hydrogen-bond donors (Lipinski definition) is 1. The Balaban J connectivity index is 1.83. The summed E-state index contributed by atoms with van der Waals surface area (Å²) in [6.45, 7) is 8.68. The van der Waals surface area contributed by atoms with E-state index < -0.39 is 0 Å². The number of urea groups is 1. The highest BCUT2D eigenvalue weighted by Crippen LogP contribution is 2.36. The lowest BCUT2D eigenvalue weighted by molar-refractivity contribution is 0.206. The van der Waals surface area contributed by atoms with E-state index in [0.717, 1.165) is 47.7 Å². The number of carbonyl (C=O) groups is 1. The van der Waals surface area contributed by atoms with Gasteiger partial charge in [-0.15, -0.1) is 0 Å². The van der Waals surface area contributed by atoms with Crippen LogP contribution in [-0.2, 0) is 0 Å². The molecule has 0 saturated carbocycles. The van der Waals surface area contributed by atoms with Crippen LogP contribution in [0.25, 0.3) is 0 Å². The molecule has 1 fully saturated rings. The number of anilines is 1. The Morgan fingerprint density at radius 1 is 1.30 bits per heavy atom. The molecule has 2 amide bonds. The Bertz CT molecular complexity index is 716. The number of likely N-dealkylation sites (tertiary alicyclic amines) is 1. The second kappa shape index (κ2) is 6.07. The van der Waals surface area contributed by atoms with Crippen LogP contribution in [-0.4, -0.2) is 22.6 Å². The van der Waals surface area contributed by atoms with Crippen molar-refractivity contribution in [3.05, 3.63) is 46.3 Å². The number of rotatable bonds is 2. The lowest BCUT2D eigenvalue weighted by Crippen LogP contribution is -2.35. The molecule has 0 aliphatic carbocycles. The molecule has 1 N–H and O–H groups in total. The topological polar surface area (TPSA) is 58.4 Å². The maximum Gasteiger partial charge on any atom is 0.322 e. The van der Waals surface area contributed by atoms with Crippen LogP contribution < -0.4 is 5.32 Å². The Morgan fingerprint density at radius 2 is 2.09 bits per heavy atom. The normalized spacial score (nSPS) is 17.6. The molecule has 0 radical (unpaired) electrons. The zero-order valence-corrected chi connectivity index (χ0v) is 14.1. The highest BCUT2D eigenvalue weighted by Gasteiger charge is 2.34. The molecule has 1 unspecified atom stereocenters. The fourth-order valence-electron chi connectivity index (χ4n) is 3.35. The van der Waals surface area contributed by atoms with E-state index >= 15 is 0 Å². The first-order valence-corrected chi connectivity index (χ1v) is 8.05. The van der Waals surface area contributed by atoms with Gasteiger partial charge in [-0.1, -0.05) is 17.3 Å². The van der Waals surface area contributed by atoms with Gasteiger partial charge in [0.25, 0.3) is 0 Å². The van der Waals surface area contributed by atoms with Crippen LogP contribution in [0.4, 0.5) is 10.5 Å². The van der Waals surface area contributed by atoms with Crippen molar-refractivity contribution < 1.29 is 9.32 Å². The van der Waals surface area contributed by atoms with E-state index in [9.17, 15) is 4.79 Å². The minimum atomic E-state index is -0.0544. The Morgan fingerprint density at radius 3 is 2.78 bits per heavy atom. The van der Waals surface area contributed by atoms with Gasteiger partial charge in [-0.2, -0.15) is 0 Å². The van der Waals surface area contributed by atoms with Crippen LogP contribution in [0, 0.1) is 27.7 Å². The monoisotopic (exact) mass is 313 g/mol. The van der Waals surface area contributed by atoms with Crippen LogP contribution in [0.1, 0.15) is 47.0 Å². The first-order chi connectivity index (χ1) is 11.0. The molecule has 2 aromatic rings. The Hall–Kier alpha value is -2.30. The summed E-state index contributed by atoms with van der Waals surface area (Å²) in [6, 6.07) is 5.95. The number of aromatic nitrogens is 1. The number of nitrogens with zero attached hydrogens (tertiary/aromatic N) is 2. The summed E-state index contributed by atoms with van der Waals surface area (Å²) >= 11 is 0. The van der Waals surface area contributed by atoms with Gasteiger partial charge in [0.05, 0.1) is 11.7 Å². The maximum atomic E-state index is 12.8. The van der Waals surface area contributed by atoms with E-state index in [2.05, 4.69) is 10.5 Å². The molecule has 1 saturated heterocycles. The van der Waals surface area contributed by atoms with Gasteiger partial charge in [0.15, 0.2) is 0 Å². The number of aryl methyl sites for hydroxylation is 3. The Labute approximate surface area is 136 Å². The van der Waals surface area contributed by atoms with Gasteiger partial charge < -0.3 is 14.7 Å². The molecule has 5 heteroatoms. The summed E-state index contributed by atoms with van der Waals surface area (Å²) in [5, 5.41) is 7.09. The average Bonchev–Trinajstić information content (AvgIpc) is 3.10. The number of hydrogen-bond acceptors (Lipinski definition) is 3. The maximum absolute atomic E-state index is 12.8. The number of nitrogens with one attached hydrogen (secondary N) is 1.